The van der Waals surface area contributed by atoms with Crippen LogP contribution in [0.5, 0.6) is 0 Å². The molecule has 2 atom stereocenters. The lowest BCUT2D eigenvalue weighted by Gasteiger charge is -2.41. The second-order valence-electron chi connectivity index (χ2n) is 11.2. The lowest BCUT2D eigenvalue weighted by Crippen LogP contribution is -2.41. The SMILES string of the molecule is COC(=O)c1cccc(-c2cccc(CC(=O)N(Cc3ccco3)[C@@H]3c4ccccc4CC[C@H]3Cc3ccccc3)c2)c1. The van der Waals surface area contributed by atoms with Crippen molar-refractivity contribution < 1.29 is 18.7 Å². The van der Waals surface area contributed by atoms with Gasteiger partial charge in [0.1, 0.15) is 5.76 Å². The Balaban J connectivity index is 1.33. The first-order valence-corrected chi connectivity index (χ1v) is 14.8. The second-order valence-corrected chi connectivity index (χ2v) is 11.2. The van der Waals surface area contributed by atoms with E-state index in [-0.39, 0.29) is 30.3 Å². The zero-order chi connectivity index (χ0) is 29.6. The minimum Gasteiger partial charge on any atom is -0.467 e. The molecule has 5 aromatic rings. The van der Waals surface area contributed by atoms with Gasteiger partial charge in [0.25, 0.3) is 0 Å². The highest BCUT2D eigenvalue weighted by molar-refractivity contribution is 5.91. The van der Waals surface area contributed by atoms with E-state index in [4.69, 9.17) is 9.15 Å². The number of nitrogens with zero attached hydrogens (tertiary/aromatic N) is 1. The Morgan fingerprint density at radius 3 is 2.35 bits per heavy atom. The van der Waals surface area contributed by atoms with Gasteiger partial charge in [-0.1, -0.05) is 91.0 Å². The van der Waals surface area contributed by atoms with Gasteiger partial charge in [-0.15, -0.1) is 0 Å². The minimum atomic E-state index is -0.375. The van der Waals surface area contributed by atoms with Crippen molar-refractivity contribution in [2.75, 3.05) is 7.11 Å². The van der Waals surface area contributed by atoms with E-state index in [0.29, 0.717) is 12.1 Å². The highest BCUT2D eigenvalue weighted by Gasteiger charge is 2.36. The first kappa shape index (κ1) is 28.2. The molecule has 0 saturated carbocycles. The van der Waals surface area contributed by atoms with Crippen molar-refractivity contribution in [2.24, 2.45) is 5.92 Å². The quantitative estimate of drug-likeness (QED) is 0.170. The van der Waals surface area contributed by atoms with Gasteiger partial charge in [0.2, 0.25) is 5.91 Å². The van der Waals surface area contributed by atoms with Crippen molar-refractivity contribution in [2.45, 2.75) is 38.3 Å². The fourth-order valence-electron chi connectivity index (χ4n) is 6.35. The monoisotopic (exact) mass is 569 g/mol. The zero-order valence-corrected chi connectivity index (χ0v) is 24.3. The van der Waals surface area contributed by atoms with Crippen LogP contribution in [0.4, 0.5) is 0 Å². The molecule has 6 rings (SSSR count). The highest BCUT2D eigenvalue weighted by atomic mass is 16.5. The van der Waals surface area contributed by atoms with Crippen LogP contribution in [0.15, 0.2) is 126 Å². The van der Waals surface area contributed by atoms with E-state index in [0.717, 1.165) is 41.7 Å². The van der Waals surface area contributed by atoms with E-state index in [1.54, 1.807) is 12.3 Å². The van der Waals surface area contributed by atoms with Crippen molar-refractivity contribution in [3.8, 4) is 11.1 Å². The zero-order valence-electron chi connectivity index (χ0n) is 24.3. The summed E-state index contributed by atoms with van der Waals surface area (Å²) >= 11 is 0. The van der Waals surface area contributed by atoms with Crippen molar-refractivity contribution >= 4 is 11.9 Å². The molecule has 43 heavy (non-hydrogen) atoms. The molecule has 0 spiro atoms. The standard InChI is InChI=1S/C38H35NO4/c1-42-38(41)33-16-8-15-31(25-33)30-14-7-12-28(23-30)24-36(40)39(26-34-17-9-21-43-34)37-32(22-27-10-3-2-4-11-27)20-19-29-13-5-6-18-35(29)37/h2-18,21,23,25,32,37H,19-20,22,24,26H2,1H3/t32-,37-/m0/s1. The number of benzene rings is 4. The molecule has 0 N–H and O–H groups in total. The van der Waals surface area contributed by atoms with Gasteiger partial charge in [0, 0.05) is 0 Å². The van der Waals surface area contributed by atoms with E-state index in [2.05, 4.69) is 48.5 Å². The highest BCUT2D eigenvalue weighted by Crippen LogP contribution is 2.41. The Morgan fingerprint density at radius 1 is 0.814 bits per heavy atom. The Bertz CT molecular complexity index is 1690. The predicted octanol–water partition coefficient (Wildman–Crippen LogP) is 7.85. The number of hydrogen-bond acceptors (Lipinski definition) is 4. The summed E-state index contributed by atoms with van der Waals surface area (Å²) in [5.74, 6) is 0.711. The molecule has 0 fully saturated rings. The summed E-state index contributed by atoms with van der Waals surface area (Å²) in [5, 5.41) is 0. The van der Waals surface area contributed by atoms with E-state index in [1.165, 1.54) is 23.8 Å². The van der Waals surface area contributed by atoms with Crippen molar-refractivity contribution in [1.29, 1.82) is 0 Å². The molecule has 0 bridgehead atoms. The maximum atomic E-state index is 14.4. The average Bonchev–Trinajstić information content (AvgIpc) is 3.57. The molecule has 0 saturated heterocycles. The Morgan fingerprint density at radius 2 is 1.56 bits per heavy atom. The number of esters is 1. The Labute approximate surface area is 252 Å². The fourth-order valence-corrected chi connectivity index (χ4v) is 6.35. The van der Waals surface area contributed by atoms with E-state index in [1.807, 2.05) is 65.6 Å². The van der Waals surface area contributed by atoms with E-state index in [9.17, 15) is 9.59 Å². The number of amides is 1. The van der Waals surface area contributed by atoms with Gasteiger partial charge >= 0.3 is 5.97 Å². The predicted molar refractivity (Wildman–Crippen MR) is 167 cm³/mol. The molecule has 216 valence electrons. The third-order valence-electron chi connectivity index (χ3n) is 8.41. The first-order chi connectivity index (χ1) is 21.1. The molecule has 0 unspecified atom stereocenters. The van der Waals surface area contributed by atoms with Crippen LogP contribution < -0.4 is 0 Å². The normalized spacial score (nSPS) is 15.8. The number of rotatable bonds is 9. The number of fused-ring (bicyclic) bond motifs is 1. The fraction of sp³-hybridized carbons (Fsp3) is 0.211. The molecule has 0 radical (unpaired) electrons. The van der Waals surface area contributed by atoms with Crippen LogP contribution in [0.25, 0.3) is 11.1 Å². The number of carbonyl (C=O) groups is 2. The van der Waals surface area contributed by atoms with Crippen molar-refractivity contribution in [3.05, 3.63) is 155 Å². The van der Waals surface area contributed by atoms with Crippen molar-refractivity contribution in [1.82, 2.24) is 4.90 Å². The summed E-state index contributed by atoms with van der Waals surface area (Å²) in [6, 6.07) is 38.2. The van der Waals surface area contributed by atoms with Gasteiger partial charge in [-0.3, -0.25) is 4.79 Å². The van der Waals surface area contributed by atoms with Gasteiger partial charge in [0.05, 0.1) is 37.9 Å². The summed E-state index contributed by atoms with van der Waals surface area (Å²) in [4.78, 5) is 28.6. The molecule has 1 heterocycles. The minimum absolute atomic E-state index is 0.0524. The number of furan rings is 1. The molecule has 5 nitrogen and oxygen atoms in total. The maximum absolute atomic E-state index is 14.4. The summed E-state index contributed by atoms with van der Waals surface area (Å²) in [7, 11) is 1.38. The number of aryl methyl sites for hydroxylation is 1. The maximum Gasteiger partial charge on any atom is 0.337 e. The summed E-state index contributed by atoms with van der Waals surface area (Å²) < 4.78 is 10.7. The number of methoxy groups -OCH3 is 1. The molecule has 1 aromatic heterocycles. The molecule has 1 aliphatic carbocycles. The van der Waals surface area contributed by atoms with Gasteiger partial charge in [0.15, 0.2) is 0 Å². The summed E-state index contributed by atoms with van der Waals surface area (Å²) in [6.07, 6.45) is 4.82. The largest absolute Gasteiger partial charge is 0.467 e. The van der Waals surface area contributed by atoms with Crippen molar-refractivity contribution in [3.63, 3.8) is 0 Å². The van der Waals surface area contributed by atoms with E-state index >= 15 is 0 Å². The lowest BCUT2D eigenvalue weighted by atomic mass is 9.76. The topological polar surface area (TPSA) is 59.8 Å². The smallest absolute Gasteiger partial charge is 0.337 e. The summed E-state index contributed by atoms with van der Waals surface area (Å²) in [5.41, 5.74) is 7.06. The molecular formula is C38H35NO4. The third kappa shape index (κ3) is 6.46. The Hall–Kier alpha value is -4.90. The first-order valence-electron chi connectivity index (χ1n) is 14.8. The molecule has 1 amide bonds. The Kier molecular flexibility index (Phi) is 8.50. The van der Waals surface area contributed by atoms with Crippen LogP contribution in [0.2, 0.25) is 0 Å². The molecule has 0 aliphatic heterocycles. The van der Waals surface area contributed by atoms with Gasteiger partial charge in [-0.05, 0) is 82.8 Å². The van der Waals surface area contributed by atoms with Crippen LogP contribution >= 0.6 is 0 Å². The lowest BCUT2D eigenvalue weighted by molar-refractivity contribution is -0.135. The van der Waals surface area contributed by atoms with Gasteiger partial charge < -0.3 is 14.1 Å². The van der Waals surface area contributed by atoms with Crippen LogP contribution in [0.3, 0.4) is 0 Å². The third-order valence-corrected chi connectivity index (χ3v) is 8.41. The van der Waals surface area contributed by atoms with Crippen LogP contribution in [0.1, 0.15) is 50.8 Å². The summed E-state index contributed by atoms with van der Waals surface area (Å²) in [6.45, 7) is 0.400. The van der Waals surface area contributed by atoms with Gasteiger partial charge in [-0.25, -0.2) is 4.79 Å². The molecular weight excluding hydrogens is 534 g/mol. The van der Waals surface area contributed by atoms with Crippen LogP contribution in [0, 0.1) is 5.92 Å². The number of ether oxygens (including phenoxy) is 1. The molecule has 5 heteroatoms. The van der Waals surface area contributed by atoms with Crippen LogP contribution in [-0.2, 0) is 35.3 Å². The van der Waals surface area contributed by atoms with Crippen LogP contribution in [-0.4, -0.2) is 23.9 Å². The number of hydrogen-bond donors (Lipinski definition) is 0. The molecule has 4 aromatic carbocycles. The second kappa shape index (κ2) is 13.0. The van der Waals surface area contributed by atoms with Gasteiger partial charge in [-0.2, -0.15) is 0 Å². The average molecular weight is 570 g/mol. The van der Waals surface area contributed by atoms with E-state index < -0.39 is 0 Å². The number of carbonyl (C=O) groups excluding carboxylic acids is 2. The molecule has 1 aliphatic rings.